The van der Waals surface area contributed by atoms with E-state index in [1.165, 1.54) is 0 Å². The Morgan fingerprint density at radius 2 is 1.74 bits per heavy atom. The van der Waals surface area contributed by atoms with Crippen molar-refractivity contribution in [2.75, 3.05) is 0 Å². The molecule has 1 N–H and O–H groups in total. The molecule has 3 aromatic carbocycles. The Kier molecular flexibility index (Phi) is 4.32. The highest BCUT2D eigenvalue weighted by molar-refractivity contribution is 6.07. The first kappa shape index (κ1) is 19.0. The molecule has 5 rings (SSSR count). The predicted octanol–water partition coefficient (Wildman–Crippen LogP) is 4.17. The highest BCUT2D eigenvalue weighted by atomic mass is 16.5. The predicted molar refractivity (Wildman–Crippen MR) is 115 cm³/mol. The largest absolute Gasteiger partial charge is 0.337 e. The van der Waals surface area contributed by atoms with Crippen molar-refractivity contribution in [2.45, 2.75) is 25.9 Å². The summed E-state index contributed by atoms with van der Waals surface area (Å²) in [4.78, 5) is 31.4. The van der Waals surface area contributed by atoms with Gasteiger partial charge in [0.25, 0.3) is 5.91 Å². The Hall–Kier alpha value is -4.00. The van der Waals surface area contributed by atoms with Crippen LogP contribution in [0.5, 0.6) is 0 Å². The lowest BCUT2D eigenvalue weighted by atomic mass is 9.90. The van der Waals surface area contributed by atoms with Crippen molar-refractivity contribution in [3.05, 3.63) is 83.7 Å². The van der Waals surface area contributed by atoms with E-state index >= 15 is 0 Å². The van der Waals surface area contributed by atoms with Gasteiger partial charge in [-0.25, -0.2) is 4.79 Å². The molecule has 0 aliphatic carbocycles. The highest BCUT2D eigenvalue weighted by Gasteiger charge is 2.49. The normalized spacial score (nSPS) is 18.6. The van der Waals surface area contributed by atoms with Gasteiger partial charge >= 0.3 is 6.03 Å². The Balaban J connectivity index is 1.42. The van der Waals surface area contributed by atoms with Crippen molar-refractivity contribution in [2.24, 2.45) is 0 Å². The molecule has 1 aliphatic rings. The standard InChI is InChI=1S/C24H20N4O3/c1-15-7-3-6-10-19(15)21-25-20(31-27-21)14-28-22(29)24(2,26-23(28)30)18-12-11-16-8-4-5-9-17(16)13-18/h3-13H,14H2,1-2H3,(H,26,30)/t24-/m1/s1. The molecule has 4 aromatic rings. The van der Waals surface area contributed by atoms with Crippen LogP contribution in [0.25, 0.3) is 22.2 Å². The lowest BCUT2D eigenvalue weighted by Gasteiger charge is -2.22. The fourth-order valence-electron chi connectivity index (χ4n) is 3.92. The summed E-state index contributed by atoms with van der Waals surface area (Å²) in [6.45, 7) is 3.58. The molecular formula is C24H20N4O3. The van der Waals surface area contributed by atoms with E-state index in [9.17, 15) is 9.59 Å². The van der Waals surface area contributed by atoms with E-state index < -0.39 is 11.6 Å². The third-order valence-electron chi connectivity index (χ3n) is 5.75. The molecular weight excluding hydrogens is 392 g/mol. The van der Waals surface area contributed by atoms with Gasteiger partial charge in [0.05, 0.1) is 0 Å². The molecule has 0 bridgehead atoms. The summed E-state index contributed by atoms with van der Waals surface area (Å²) in [5.74, 6) is 0.269. The number of fused-ring (bicyclic) bond motifs is 1. The summed E-state index contributed by atoms with van der Waals surface area (Å²) >= 11 is 0. The number of aryl methyl sites for hydroxylation is 1. The van der Waals surface area contributed by atoms with E-state index in [-0.39, 0.29) is 18.3 Å². The van der Waals surface area contributed by atoms with E-state index in [4.69, 9.17) is 4.52 Å². The quantitative estimate of drug-likeness (QED) is 0.509. The second-order valence-electron chi connectivity index (χ2n) is 7.84. The van der Waals surface area contributed by atoms with Crippen molar-refractivity contribution >= 4 is 22.7 Å². The second kappa shape index (κ2) is 7.05. The monoisotopic (exact) mass is 412 g/mol. The third-order valence-corrected chi connectivity index (χ3v) is 5.75. The van der Waals surface area contributed by atoms with Crippen LogP contribution in [0.15, 0.2) is 71.3 Å². The van der Waals surface area contributed by atoms with Gasteiger partial charge < -0.3 is 9.84 Å². The number of imide groups is 1. The summed E-state index contributed by atoms with van der Waals surface area (Å²) in [7, 11) is 0. The first-order chi connectivity index (χ1) is 15.0. The molecule has 1 fully saturated rings. The molecule has 31 heavy (non-hydrogen) atoms. The molecule has 1 atom stereocenters. The summed E-state index contributed by atoms with van der Waals surface area (Å²) in [6, 6.07) is 20.8. The molecule has 2 heterocycles. The minimum Gasteiger partial charge on any atom is -0.337 e. The Morgan fingerprint density at radius 1 is 1.00 bits per heavy atom. The average Bonchev–Trinajstić information content (AvgIpc) is 3.33. The lowest BCUT2D eigenvalue weighted by molar-refractivity contribution is -0.131. The number of amides is 3. The Labute approximate surface area is 178 Å². The van der Waals surface area contributed by atoms with Gasteiger partial charge in [-0.1, -0.05) is 65.8 Å². The maximum Gasteiger partial charge on any atom is 0.325 e. The maximum absolute atomic E-state index is 13.3. The van der Waals surface area contributed by atoms with Crippen LogP contribution in [0.2, 0.25) is 0 Å². The average molecular weight is 412 g/mol. The van der Waals surface area contributed by atoms with E-state index in [0.29, 0.717) is 5.82 Å². The molecule has 0 unspecified atom stereocenters. The lowest BCUT2D eigenvalue weighted by Crippen LogP contribution is -2.40. The molecule has 1 aliphatic heterocycles. The van der Waals surface area contributed by atoms with Crippen LogP contribution in [0, 0.1) is 6.92 Å². The third kappa shape index (κ3) is 3.15. The van der Waals surface area contributed by atoms with Crippen molar-refractivity contribution in [3.8, 4) is 11.4 Å². The van der Waals surface area contributed by atoms with Gasteiger partial charge in [-0.3, -0.25) is 9.69 Å². The zero-order chi connectivity index (χ0) is 21.6. The van der Waals surface area contributed by atoms with Gasteiger partial charge in [0.1, 0.15) is 12.1 Å². The molecule has 7 nitrogen and oxygen atoms in total. The molecule has 154 valence electrons. The first-order valence-electron chi connectivity index (χ1n) is 9.98. The number of hydrogen-bond acceptors (Lipinski definition) is 5. The topological polar surface area (TPSA) is 88.3 Å². The number of rotatable bonds is 4. The van der Waals surface area contributed by atoms with Crippen molar-refractivity contribution in [1.82, 2.24) is 20.4 Å². The maximum atomic E-state index is 13.3. The van der Waals surface area contributed by atoms with E-state index in [1.54, 1.807) is 6.92 Å². The Morgan fingerprint density at radius 3 is 2.55 bits per heavy atom. The van der Waals surface area contributed by atoms with Gasteiger partial charge in [0.15, 0.2) is 0 Å². The van der Waals surface area contributed by atoms with Gasteiger partial charge in [0.2, 0.25) is 11.7 Å². The summed E-state index contributed by atoms with van der Waals surface area (Å²) in [5, 5.41) is 8.91. The molecule has 0 saturated carbocycles. The summed E-state index contributed by atoms with van der Waals surface area (Å²) in [5.41, 5.74) is 1.41. The van der Waals surface area contributed by atoms with Crippen molar-refractivity contribution in [3.63, 3.8) is 0 Å². The smallest absolute Gasteiger partial charge is 0.325 e. The fourth-order valence-corrected chi connectivity index (χ4v) is 3.92. The van der Waals surface area contributed by atoms with E-state index in [1.807, 2.05) is 73.7 Å². The van der Waals surface area contributed by atoms with Crippen molar-refractivity contribution < 1.29 is 14.1 Å². The van der Waals surface area contributed by atoms with Crippen LogP contribution in [0.1, 0.15) is 23.9 Å². The fraction of sp³-hybridized carbons (Fsp3) is 0.167. The van der Waals surface area contributed by atoms with Crippen LogP contribution in [-0.4, -0.2) is 27.0 Å². The molecule has 0 spiro atoms. The zero-order valence-electron chi connectivity index (χ0n) is 17.1. The van der Waals surface area contributed by atoms with Gasteiger partial charge in [-0.15, -0.1) is 0 Å². The number of carbonyl (C=O) groups is 2. The summed E-state index contributed by atoms with van der Waals surface area (Å²) in [6.07, 6.45) is 0. The number of nitrogens with one attached hydrogen (secondary N) is 1. The molecule has 7 heteroatoms. The molecule has 1 aromatic heterocycles. The molecule has 0 radical (unpaired) electrons. The van der Waals surface area contributed by atoms with Gasteiger partial charge in [-0.05, 0) is 41.8 Å². The van der Waals surface area contributed by atoms with Crippen LogP contribution in [-0.2, 0) is 16.9 Å². The summed E-state index contributed by atoms with van der Waals surface area (Å²) < 4.78 is 5.33. The molecule has 3 amide bonds. The minimum atomic E-state index is -1.17. The number of aromatic nitrogens is 2. The second-order valence-corrected chi connectivity index (χ2v) is 7.84. The zero-order valence-corrected chi connectivity index (χ0v) is 17.1. The number of urea groups is 1. The number of hydrogen-bond donors (Lipinski definition) is 1. The SMILES string of the molecule is Cc1ccccc1-c1noc(CN2C(=O)N[C@](C)(c3ccc4ccccc4c3)C2=O)n1. The van der Waals surface area contributed by atoms with Crippen LogP contribution < -0.4 is 5.32 Å². The highest BCUT2D eigenvalue weighted by Crippen LogP contribution is 2.32. The van der Waals surface area contributed by atoms with Crippen molar-refractivity contribution in [1.29, 1.82) is 0 Å². The van der Waals surface area contributed by atoms with Gasteiger partial charge in [0, 0.05) is 5.56 Å². The number of carbonyl (C=O) groups excluding carboxylic acids is 2. The van der Waals surface area contributed by atoms with E-state index in [0.717, 1.165) is 32.4 Å². The first-order valence-corrected chi connectivity index (χ1v) is 9.98. The molecule has 1 saturated heterocycles. The van der Waals surface area contributed by atoms with E-state index in [2.05, 4.69) is 15.5 Å². The van der Waals surface area contributed by atoms with Crippen LogP contribution in [0.3, 0.4) is 0 Å². The number of benzene rings is 3. The van der Waals surface area contributed by atoms with Crippen LogP contribution >= 0.6 is 0 Å². The van der Waals surface area contributed by atoms with Gasteiger partial charge in [-0.2, -0.15) is 4.98 Å². The number of nitrogens with zero attached hydrogens (tertiary/aromatic N) is 3. The van der Waals surface area contributed by atoms with Crippen LogP contribution in [0.4, 0.5) is 4.79 Å². The minimum absolute atomic E-state index is 0.0906. The Bertz CT molecular complexity index is 1330.